The molecule has 64 valence electrons. The number of aliphatic carboxylic acids is 1. The molecule has 1 saturated carbocycles. The minimum absolute atomic E-state index is 0.367. The predicted octanol–water partition coefficient (Wildman–Crippen LogP) is 1.95. The molecule has 0 saturated heterocycles. The molecular formula is C8H14O2Se. The molecule has 2 nitrogen and oxygen atoms in total. The van der Waals surface area contributed by atoms with E-state index in [1.165, 1.54) is 32.1 Å². The van der Waals surface area contributed by atoms with Crippen molar-refractivity contribution < 1.29 is 9.90 Å². The van der Waals surface area contributed by atoms with Gasteiger partial charge in [0.25, 0.3) is 0 Å². The van der Waals surface area contributed by atoms with Crippen molar-refractivity contribution >= 4 is 20.9 Å². The fourth-order valence-corrected chi connectivity index (χ4v) is 3.61. The summed E-state index contributed by atoms with van der Waals surface area (Å²) in [5.74, 6) is -0.615. The third-order valence-corrected chi connectivity index (χ3v) is 4.84. The number of rotatable bonds is 3. The van der Waals surface area contributed by atoms with Gasteiger partial charge in [0.2, 0.25) is 0 Å². The summed E-state index contributed by atoms with van der Waals surface area (Å²) >= 11 is 0.367. The van der Waals surface area contributed by atoms with Crippen molar-refractivity contribution in [2.24, 2.45) is 0 Å². The summed E-state index contributed by atoms with van der Waals surface area (Å²) in [6, 6.07) is 0. The average molecular weight is 221 g/mol. The first-order valence-corrected chi connectivity index (χ1v) is 6.32. The van der Waals surface area contributed by atoms with Gasteiger partial charge in [-0.1, -0.05) is 0 Å². The van der Waals surface area contributed by atoms with E-state index in [1.807, 2.05) is 0 Å². The Morgan fingerprint density at radius 1 is 1.36 bits per heavy atom. The first kappa shape index (κ1) is 9.08. The summed E-state index contributed by atoms with van der Waals surface area (Å²) in [4.78, 5) is 11.0. The van der Waals surface area contributed by atoms with Gasteiger partial charge in [-0.25, -0.2) is 0 Å². The molecule has 1 rings (SSSR count). The van der Waals surface area contributed by atoms with E-state index < -0.39 is 5.97 Å². The van der Waals surface area contributed by atoms with Crippen LogP contribution in [0.5, 0.6) is 0 Å². The van der Waals surface area contributed by atoms with Crippen LogP contribution in [0.25, 0.3) is 0 Å². The van der Waals surface area contributed by atoms with E-state index in [0.717, 1.165) is 4.82 Å². The van der Waals surface area contributed by atoms with Crippen LogP contribution in [0.15, 0.2) is 0 Å². The third-order valence-electron chi connectivity index (χ3n) is 1.99. The van der Waals surface area contributed by atoms with Crippen LogP contribution in [0.2, 0.25) is 10.1 Å². The van der Waals surface area contributed by atoms with Gasteiger partial charge >= 0.3 is 73.1 Å². The molecule has 1 N–H and O–H groups in total. The molecule has 0 bridgehead atoms. The van der Waals surface area contributed by atoms with Gasteiger partial charge in [-0.05, 0) is 0 Å². The Labute approximate surface area is 73.5 Å². The van der Waals surface area contributed by atoms with Crippen LogP contribution in [0, 0.1) is 0 Å². The summed E-state index contributed by atoms with van der Waals surface area (Å²) in [5.41, 5.74) is 0. The molecule has 0 aromatic rings. The predicted molar refractivity (Wildman–Crippen MR) is 45.0 cm³/mol. The monoisotopic (exact) mass is 222 g/mol. The molecule has 0 heterocycles. The van der Waals surface area contributed by atoms with Crippen molar-refractivity contribution in [3.8, 4) is 0 Å². The topological polar surface area (TPSA) is 37.3 Å². The Kier molecular flexibility index (Phi) is 3.95. The fourth-order valence-electron chi connectivity index (χ4n) is 1.42. The SMILES string of the molecule is O=C(O)C[Se]C1CCCCC1. The van der Waals surface area contributed by atoms with Crippen LogP contribution >= 0.6 is 0 Å². The molecule has 0 aromatic carbocycles. The van der Waals surface area contributed by atoms with Crippen molar-refractivity contribution in [3.05, 3.63) is 0 Å². The van der Waals surface area contributed by atoms with Crippen LogP contribution < -0.4 is 0 Å². The molecule has 3 heteroatoms. The average Bonchev–Trinajstić information content (AvgIpc) is 2.03. The molecular weight excluding hydrogens is 207 g/mol. The van der Waals surface area contributed by atoms with Crippen LogP contribution in [0.3, 0.4) is 0 Å². The van der Waals surface area contributed by atoms with Gasteiger partial charge in [-0.2, -0.15) is 0 Å². The Morgan fingerprint density at radius 2 is 2.00 bits per heavy atom. The molecule has 11 heavy (non-hydrogen) atoms. The van der Waals surface area contributed by atoms with Gasteiger partial charge in [0.1, 0.15) is 0 Å². The van der Waals surface area contributed by atoms with Gasteiger partial charge in [0, 0.05) is 0 Å². The summed E-state index contributed by atoms with van der Waals surface area (Å²) in [6.07, 6.45) is 6.58. The number of carboxylic acid groups (broad SMARTS) is 1. The Hall–Kier alpha value is -0.0105. The first-order valence-electron chi connectivity index (χ1n) is 4.12. The summed E-state index contributed by atoms with van der Waals surface area (Å²) < 4.78 is 0. The van der Waals surface area contributed by atoms with E-state index >= 15 is 0 Å². The molecule has 1 aliphatic carbocycles. The zero-order valence-electron chi connectivity index (χ0n) is 6.58. The van der Waals surface area contributed by atoms with Crippen LogP contribution in [0.1, 0.15) is 32.1 Å². The number of carbonyl (C=O) groups is 1. The number of hydrogen-bond donors (Lipinski definition) is 1. The Morgan fingerprint density at radius 3 is 2.55 bits per heavy atom. The molecule has 0 spiro atoms. The summed E-state index contributed by atoms with van der Waals surface area (Å²) in [5, 5.41) is 8.89. The molecule has 1 fully saturated rings. The van der Waals surface area contributed by atoms with Crippen molar-refractivity contribution in [2.45, 2.75) is 42.2 Å². The molecule has 0 amide bonds. The van der Waals surface area contributed by atoms with Gasteiger partial charge in [0.15, 0.2) is 0 Å². The second-order valence-corrected chi connectivity index (χ2v) is 5.67. The summed E-state index contributed by atoms with van der Waals surface area (Å²) in [6.45, 7) is 0. The van der Waals surface area contributed by atoms with E-state index in [1.54, 1.807) is 0 Å². The second-order valence-electron chi connectivity index (χ2n) is 2.96. The van der Waals surface area contributed by atoms with E-state index in [2.05, 4.69) is 0 Å². The van der Waals surface area contributed by atoms with Crippen molar-refractivity contribution in [3.63, 3.8) is 0 Å². The Balaban J connectivity index is 2.09. The minimum atomic E-state index is -0.615. The second kappa shape index (κ2) is 4.78. The van der Waals surface area contributed by atoms with Gasteiger partial charge < -0.3 is 0 Å². The Bertz CT molecular complexity index is 130. The number of carboxylic acids is 1. The van der Waals surface area contributed by atoms with E-state index in [9.17, 15) is 4.79 Å². The summed E-state index contributed by atoms with van der Waals surface area (Å²) in [7, 11) is 0. The van der Waals surface area contributed by atoms with Crippen LogP contribution in [-0.2, 0) is 4.79 Å². The van der Waals surface area contributed by atoms with E-state index in [0.29, 0.717) is 20.3 Å². The van der Waals surface area contributed by atoms with Crippen LogP contribution in [-0.4, -0.2) is 26.0 Å². The molecule has 0 aromatic heterocycles. The van der Waals surface area contributed by atoms with Gasteiger partial charge in [-0.3, -0.25) is 0 Å². The zero-order valence-corrected chi connectivity index (χ0v) is 8.30. The molecule has 0 unspecified atom stereocenters. The molecule has 0 atom stereocenters. The number of hydrogen-bond acceptors (Lipinski definition) is 1. The molecule has 0 radical (unpaired) electrons. The van der Waals surface area contributed by atoms with E-state index in [-0.39, 0.29) is 0 Å². The standard InChI is InChI=1S/C8H14O2Se/c9-8(10)6-11-7-4-2-1-3-5-7/h7H,1-6H2,(H,9,10). The van der Waals surface area contributed by atoms with Gasteiger partial charge in [-0.15, -0.1) is 0 Å². The van der Waals surface area contributed by atoms with Crippen molar-refractivity contribution in [1.29, 1.82) is 0 Å². The quantitative estimate of drug-likeness (QED) is 0.739. The molecule has 1 aliphatic rings. The maximum atomic E-state index is 10.3. The zero-order chi connectivity index (χ0) is 8.10. The first-order chi connectivity index (χ1) is 5.29. The maximum absolute atomic E-state index is 10.3. The normalized spacial score (nSPS) is 20.0. The van der Waals surface area contributed by atoms with Gasteiger partial charge in [0.05, 0.1) is 0 Å². The van der Waals surface area contributed by atoms with Crippen molar-refractivity contribution in [1.82, 2.24) is 0 Å². The third kappa shape index (κ3) is 3.78. The van der Waals surface area contributed by atoms with Crippen molar-refractivity contribution in [2.75, 3.05) is 0 Å². The fraction of sp³-hybridized carbons (Fsp3) is 0.875. The molecule has 0 aliphatic heterocycles. The van der Waals surface area contributed by atoms with Crippen LogP contribution in [0.4, 0.5) is 0 Å². The van der Waals surface area contributed by atoms with E-state index in [4.69, 9.17) is 5.11 Å².